The summed E-state index contributed by atoms with van der Waals surface area (Å²) in [6.45, 7) is 6.81. The predicted octanol–water partition coefficient (Wildman–Crippen LogP) is 2.52. The third kappa shape index (κ3) is 2.04. The average molecular weight is 243 g/mol. The largest absolute Gasteiger partial charge is 0.361 e. The fraction of sp³-hybridized carbons (Fsp3) is 0.467. The Morgan fingerprint density at radius 1 is 1.22 bits per heavy atom. The molecule has 0 unspecified atom stereocenters. The molecule has 1 saturated heterocycles. The lowest BCUT2D eigenvalue weighted by molar-refractivity contribution is 0.170. The van der Waals surface area contributed by atoms with Crippen molar-refractivity contribution in [2.75, 3.05) is 26.2 Å². The Morgan fingerprint density at radius 2 is 2.00 bits per heavy atom. The van der Waals surface area contributed by atoms with Crippen LogP contribution in [0.1, 0.15) is 24.9 Å². The fourth-order valence-corrected chi connectivity index (χ4v) is 3.04. The number of fused-ring (bicyclic) bond motifs is 1. The van der Waals surface area contributed by atoms with Gasteiger partial charge in [-0.25, -0.2) is 0 Å². The van der Waals surface area contributed by atoms with Gasteiger partial charge in [0.05, 0.1) is 0 Å². The first-order chi connectivity index (χ1) is 8.90. The first-order valence-corrected chi connectivity index (χ1v) is 6.91. The Kier molecular flexibility index (Phi) is 3.35. The summed E-state index contributed by atoms with van der Waals surface area (Å²) in [5.74, 6) is 0. The smallest absolute Gasteiger partial charge is 0.0457 e. The minimum Gasteiger partial charge on any atom is -0.361 e. The maximum atomic E-state index is 3.43. The minimum absolute atomic E-state index is 0.545. The standard InChI is InChI=1S/C15H21N3/c1-2-15(18-9-7-16-8-10-18)13-11-17-14-6-4-3-5-12(13)14/h3-6,11,15-17H,2,7-10H2,1H3/t15-/m0/s1. The van der Waals surface area contributed by atoms with Gasteiger partial charge < -0.3 is 10.3 Å². The summed E-state index contributed by atoms with van der Waals surface area (Å²) in [4.78, 5) is 6.00. The third-order valence-corrected chi connectivity index (χ3v) is 3.96. The summed E-state index contributed by atoms with van der Waals surface area (Å²) in [7, 11) is 0. The molecule has 1 aromatic heterocycles. The zero-order valence-corrected chi connectivity index (χ0v) is 10.9. The molecule has 0 amide bonds. The van der Waals surface area contributed by atoms with E-state index in [2.05, 4.69) is 52.6 Å². The van der Waals surface area contributed by atoms with E-state index in [-0.39, 0.29) is 0 Å². The molecule has 2 aromatic rings. The molecule has 1 aliphatic heterocycles. The van der Waals surface area contributed by atoms with Gasteiger partial charge in [-0.3, -0.25) is 4.90 Å². The van der Waals surface area contributed by atoms with Crippen LogP contribution in [0.2, 0.25) is 0 Å². The first kappa shape index (κ1) is 11.8. The van der Waals surface area contributed by atoms with Crippen LogP contribution < -0.4 is 5.32 Å². The molecule has 0 saturated carbocycles. The third-order valence-electron chi connectivity index (χ3n) is 3.96. The van der Waals surface area contributed by atoms with E-state index in [0.717, 1.165) is 26.2 Å². The molecule has 0 radical (unpaired) electrons. The van der Waals surface area contributed by atoms with Crippen molar-refractivity contribution in [1.29, 1.82) is 0 Å². The van der Waals surface area contributed by atoms with Gasteiger partial charge >= 0.3 is 0 Å². The highest BCUT2D eigenvalue weighted by Gasteiger charge is 2.22. The lowest BCUT2D eigenvalue weighted by atomic mass is 10.0. The molecule has 96 valence electrons. The zero-order chi connectivity index (χ0) is 12.4. The maximum Gasteiger partial charge on any atom is 0.0457 e. The zero-order valence-electron chi connectivity index (χ0n) is 10.9. The Hall–Kier alpha value is -1.32. The molecule has 3 heteroatoms. The molecule has 18 heavy (non-hydrogen) atoms. The van der Waals surface area contributed by atoms with Crippen LogP contribution in [-0.2, 0) is 0 Å². The molecule has 2 heterocycles. The average Bonchev–Trinajstić information content (AvgIpc) is 2.85. The van der Waals surface area contributed by atoms with Gasteiger partial charge in [0.15, 0.2) is 0 Å². The van der Waals surface area contributed by atoms with Gasteiger partial charge in [0.2, 0.25) is 0 Å². The van der Waals surface area contributed by atoms with Crippen molar-refractivity contribution in [3.8, 4) is 0 Å². The molecule has 1 aromatic carbocycles. The number of benzene rings is 1. The number of aromatic amines is 1. The van der Waals surface area contributed by atoms with Crippen LogP contribution in [-0.4, -0.2) is 36.1 Å². The van der Waals surface area contributed by atoms with Crippen molar-refractivity contribution in [2.45, 2.75) is 19.4 Å². The number of piperazine rings is 1. The van der Waals surface area contributed by atoms with Crippen LogP contribution in [0, 0.1) is 0 Å². The van der Waals surface area contributed by atoms with Crippen LogP contribution in [0.5, 0.6) is 0 Å². The van der Waals surface area contributed by atoms with Gasteiger partial charge in [0, 0.05) is 49.3 Å². The van der Waals surface area contributed by atoms with Crippen LogP contribution in [0.25, 0.3) is 10.9 Å². The Bertz CT molecular complexity index is 511. The van der Waals surface area contributed by atoms with Crippen LogP contribution in [0.15, 0.2) is 30.5 Å². The number of rotatable bonds is 3. The van der Waals surface area contributed by atoms with Gasteiger partial charge in [-0.1, -0.05) is 25.1 Å². The molecule has 0 aliphatic carbocycles. The molecular weight excluding hydrogens is 222 g/mol. The SMILES string of the molecule is CC[C@@H](c1c[nH]c2ccccc12)N1CCNCC1. The second-order valence-electron chi connectivity index (χ2n) is 5.00. The molecule has 3 rings (SSSR count). The fourth-order valence-electron chi connectivity index (χ4n) is 3.04. The number of hydrogen-bond acceptors (Lipinski definition) is 2. The van der Waals surface area contributed by atoms with Crippen molar-refractivity contribution >= 4 is 10.9 Å². The lowest BCUT2D eigenvalue weighted by Gasteiger charge is -2.34. The number of nitrogens with zero attached hydrogens (tertiary/aromatic N) is 1. The summed E-state index contributed by atoms with van der Waals surface area (Å²) in [5, 5.41) is 4.80. The van der Waals surface area contributed by atoms with Crippen molar-refractivity contribution in [1.82, 2.24) is 15.2 Å². The second-order valence-corrected chi connectivity index (χ2v) is 5.00. The van der Waals surface area contributed by atoms with Crippen LogP contribution in [0.3, 0.4) is 0 Å². The van der Waals surface area contributed by atoms with Crippen LogP contribution in [0.4, 0.5) is 0 Å². The number of para-hydroxylation sites is 1. The molecule has 2 N–H and O–H groups in total. The predicted molar refractivity (Wildman–Crippen MR) is 75.8 cm³/mol. The van der Waals surface area contributed by atoms with E-state index < -0.39 is 0 Å². The molecule has 3 nitrogen and oxygen atoms in total. The van der Waals surface area contributed by atoms with Gasteiger partial charge in [0.25, 0.3) is 0 Å². The maximum absolute atomic E-state index is 3.43. The number of aromatic nitrogens is 1. The highest BCUT2D eigenvalue weighted by atomic mass is 15.2. The summed E-state index contributed by atoms with van der Waals surface area (Å²) >= 11 is 0. The van der Waals surface area contributed by atoms with Crippen LogP contribution >= 0.6 is 0 Å². The molecule has 1 atom stereocenters. The monoisotopic (exact) mass is 243 g/mol. The lowest BCUT2D eigenvalue weighted by Crippen LogP contribution is -2.45. The van der Waals surface area contributed by atoms with Crippen molar-refractivity contribution in [2.24, 2.45) is 0 Å². The van der Waals surface area contributed by atoms with Crippen molar-refractivity contribution in [3.63, 3.8) is 0 Å². The topological polar surface area (TPSA) is 31.1 Å². The highest BCUT2D eigenvalue weighted by molar-refractivity contribution is 5.83. The Labute approximate surface area is 108 Å². The summed E-state index contributed by atoms with van der Waals surface area (Å²) in [6.07, 6.45) is 3.36. The highest BCUT2D eigenvalue weighted by Crippen LogP contribution is 2.30. The minimum atomic E-state index is 0.545. The van der Waals surface area contributed by atoms with Gasteiger partial charge in [-0.15, -0.1) is 0 Å². The normalized spacial score (nSPS) is 19.2. The van der Waals surface area contributed by atoms with Gasteiger partial charge in [0.1, 0.15) is 0 Å². The first-order valence-electron chi connectivity index (χ1n) is 6.91. The van der Waals surface area contributed by atoms with E-state index in [0.29, 0.717) is 6.04 Å². The number of nitrogens with one attached hydrogen (secondary N) is 2. The molecule has 0 bridgehead atoms. The molecular formula is C15H21N3. The quantitative estimate of drug-likeness (QED) is 0.868. The van der Waals surface area contributed by atoms with E-state index in [1.165, 1.54) is 22.9 Å². The van der Waals surface area contributed by atoms with E-state index in [1.807, 2.05) is 0 Å². The second kappa shape index (κ2) is 5.12. The summed E-state index contributed by atoms with van der Waals surface area (Å²) in [5.41, 5.74) is 2.70. The van der Waals surface area contributed by atoms with E-state index in [9.17, 15) is 0 Å². The van der Waals surface area contributed by atoms with E-state index in [4.69, 9.17) is 0 Å². The van der Waals surface area contributed by atoms with E-state index in [1.54, 1.807) is 0 Å². The molecule has 0 spiro atoms. The Morgan fingerprint density at radius 3 is 2.78 bits per heavy atom. The Balaban J connectivity index is 1.95. The number of H-pyrrole nitrogens is 1. The van der Waals surface area contributed by atoms with E-state index >= 15 is 0 Å². The number of hydrogen-bond donors (Lipinski definition) is 2. The van der Waals surface area contributed by atoms with Gasteiger partial charge in [-0.05, 0) is 18.1 Å². The molecule has 1 aliphatic rings. The van der Waals surface area contributed by atoms with Crippen molar-refractivity contribution in [3.05, 3.63) is 36.0 Å². The summed E-state index contributed by atoms with van der Waals surface area (Å²) < 4.78 is 0. The van der Waals surface area contributed by atoms with Gasteiger partial charge in [-0.2, -0.15) is 0 Å². The summed E-state index contributed by atoms with van der Waals surface area (Å²) in [6, 6.07) is 9.15. The van der Waals surface area contributed by atoms with Crippen molar-refractivity contribution < 1.29 is 0 Å². The molecule has 1 fully saturated rings.